The Morgan fingerprint density at radius 3 is 2.52 bits per heavy atom. The van der Waals surface area contributed by atoms with Crippen LogP contribution >= 0.6 is 0 Å². The van der Waals surface area contributed by atoms with Gasteiger partial charge >= 0.3 is 0 Å². The van der Waals surface area contributed by atoms with Crippen molar-refractivity contribution >= 4 is 32.6 Å². The van der Waals surface area contributed by atoms with Crippen molar-refractivity contribution in [2.24, 2.45) is 0 Å². The number of imidazole rings is 1. The van der Waals surface area contributed by atoms with E-state index in [1.54, 1.807) is 30.7 Å². The lowest BCUT2D eigenvalue weighted by atomic mass is 10.2. The summed E-state index contributed by atoms with van der Waals surface area (Å²) in [4.78, 5) is 21.6. The Labute approximate surface area is 157 Å². The molecule has 0 bridgehead atoms. The third-order valence-electron chi connectivity index (χ3n) is 4.93. The molecule has 1 amide bonds. The first-order valence-corrected chi connectivity index (χ1v) is 10.7. The number of amides is 1. The topological polar surface area (TPSA) is 93.9 Å². The van der Waals surface area contributed by atoms with E-state index in [0.29, 0.717) is 22.8 Å². The highest BCUT2D eigenvalue weighted by atomic mass is 32.2. The van der Waals surface area contributed by atoms with Crippen LogP contribution in [-0.4, -0.2) is 35.1 Å². The van der Waals surface area contributed by atoms with Crippen LogP contribution in [0.2, 0.25) is 0 Å². The minimum atomic E-state index is -3.26. The largest absolute Gasteiger partial charge is 0.322 e. The maximum atomic E-state index is 12.5. The lowest BCUT2D eigenvalue weighted by Crippen LogP contribution is -2.12. The summed E-state index contributed by atoms with van der Waals surface area (Å²) in [5, 5.41) is 2.76. The first-order valence-electron chi connectivity index (χ1n) is 8.86. The molecule has 1 saturated carbocycles. The van der Waals surface area contributed by atoms with Crippen molar-refractivity contribution in [3.8, 4) is 0 Å². The van der Waals surface area contributed by atoms with Gasteiger partial charge in [0.1, 0.15) is 5.52 Å². The molecule has 2 aromatic heterocycles. The maximum Gasteiger partial charge on any atom is 0.257 e. The molecule has 0 aliphatic heterocycles. The van der Waals surface area contributed by atoms with Crippen LogP contribution in [0.4, 0.5) is 5.69 Å². The zero-order valence-corrected chi connectivity index (χ0v) is 15.7. The Hall–Kier alpha value is -2.74. The van der Waals surface area contributed by atoms with Crippen molar-refractivity contribution in [2.45, 2.75) is 36.6 Å². The van der Waals surface area contributed by atoms with Crippen LogP contribution in [0.5, 0.6) is 0 Å². The van der Waals surface area contributed by atoms with Crippen LogP contribution in [0.25, 0.3) is 11.2 Å². The molecular formula is C19H20N4O3S. The number of nitrogens with zero attached hydrogens (tertiary/aromatic N) is 3. The average molecular weight is 384 g/mol. The Morgan fingerprint density at radius 1 is 1.15 bits per heavy atom. The second-order valence-electron chi connectivity index (χ2n) is 6.91. The second-order valence-corrected chi connectivity index (χ2v) is 8.92. The van der Waals surface area contributed by atoms with Crippen molar-refractivity contribution in [1.29, 1.82) is 0 Å². The molecule has 7 nitrogen and oxygen atoms in total. The lowest BCUT2D eigenvalue weighted by molar-refractivity contribution is 0.102. The smallest absolute Gasteiger partial charge is 0.257 e. The fourth-order valence-corrected chi connectivity index (χ4v) is 4.11. The van der Waals surface area contributed by atoms with Gasteiger partial charge in [-0.2, -0.15) is 0 Å². The highest BCUT2D eigenvalue weighted by molar-refractivity contribution is 7.90. The summed E-state index contributed by atoms with van der Waals surface area (Å²) >= 11 is 0. The van der Waals surface area contributed by atoms with Gasteiger partial charge in [0.05, 0.1) is 16.8 Å². The summed E-state index contributed by atoms with van der Waals surface area (Å²) < 4.78 is 25.1. The molecule has 2 heterocycles. The highest BCUT2D eigenvalue weighted by Crippen LogP contribution is 2.31. The van der Waals surface area contributed by atoms with Gasteiger partial charge in [0, 0.05) is 24.2 Å². The molecule has 27 heavy (non-hydrogen) atoms. The third-order valence-corrected chi connectivity index (χ3v) is 6.06. The van der Waals surface area contributed by atoms with E-state index >= 15 is 0 Å². The minimum absolute atomic E-state index is 0.209. The van der Waals surface area contributed by atoms with Crippen LogP contribution in [0.3, 0.4) is 0 Å². The van der Waals surface area contributed by atoms with E-state index in [-0.39, 0.29) is 10.8 Å². The van der Waals surface area contributed by atoms with Gasteiger partial charge in [-0.3, -0.25) is 4.79 Å². The fourth-order valence-electron chi connectivity index (χ4n) is 3.48. The molecular weight excluding hydrogens is 364 g/mol. The van der Waals surface area contributed by atoms with Crippen molar-refractivity contribution in [3.05, 3.63) is 48.4 Å². The van der Waals surface area contributed by atoms with Gasteiger partial charge in [-0.05, 0) is 43.2 Å². The van der Waals surface area contributed by atoms with E-state index in [2.05, 4.69) is 19.9 Å². The van der Waals surface area contributed by atoms with Gasteiger partial charge < -0.3 is 9.88 Å². The number of carbonyl (C=O) groups excluding carboxylic acids is 1. The van der Waals surface area contributed by atoms with E-state index in [1.807, 2.05) is 0 Å². The number of anilines is 1. The monoisotopic (exact) mass is 384 g/mol. The van der Waals surface area contributed by atoms with Crippen molar-refractivity contribution in [3.63, 3.8) is 0 Å². The standard InChI is InChI=1S/C19H20N4O3S/c1-27(25,26)16-8-6-14(7-9-16)22-19(24)13-10-17-18(20-11-13)23(12-21-17)15-4-2-3-5-15/h6-12,15H,2-5H2,1H3,(H,22,24). The predicted octanol–water partition coefficient (Wildman–Crippen LogP) is 3.20. The summed E-state index contributed by atoms with van der Waals surface area (Å²) in [7, 11) is -3.26. The molecule has 0 saturated heterocycles. The summed E-state index contributed by atoms with van der Waals surface area (Å²) in [5.41, 5.74) is 2.42. The van der Waals surface area contributed by atoms with E-state index in [9.17, 15) is 13.2 Å². The molecule has 0 radical (unpaired) electrons. The van der Waals surface area contributed by atoms with Crippen molar-refractivity contribution in [1.82, 2.24) is 14.5 Å². The molecule has 0 spiro atoms. The van der Waals surface area contributed by atoms with Crippen LogP contribution < -0.4 is 5.32 Å². The van der Waals surface area contributed by atoms with Gasteiger partial charge in [-0.1, -0.05) is 12.8 Å². The number of carbonyl (C=O) groups is 1. The van der Waals surface area contributed by atoms with Gasteiger partial charge in [0.15, 0.2) is 15.5 Å². The Bertz CT molecular complexity index is 1100. The summed E-state index contributed by atoms with van der Waals surface area (Å²) in [6, 6.07) is 8.24. The maximum absolute atomic E-state index is 12.5. The minimum Gasteiger partial charge on any atom is -0.322 e. The summed E-state index contributed by atoms with van der Waals surface area (Å²) in [5.74, 6) is -0.313. The lowest BCUT2D eigenvalue weighted by Gasteiger charge is -2.11. The first kappa shape index (κ1) is 17.7. The number of rotatable bonds is 4. The Balaban J connectivity index is 1.54. The Kier molecular flexibility index (Phi) is 4.43. The van der Waals surface area contributed by atoms with E-state index in [1.165, 1.54) is 25.0 Å². The molecule has 0 atom stereocenters. The van der Waals surface area contributed by atoms with Crippen LogP contribution in [0.1, 0.15) is 42.1 Å². The number of sulfone groups is 1. The number of hydrogen-bond acceptors (Lipinski definition) is 5. The molecule has 1 aliphatic carbocycles. The molecule has 1 aliphatic rings. The first-order chi connectivity index (χ1) is 12.9. The summed E-state index contributed by atoms with van der Waals surface area (Å²) in [6.07, 6.45) is 9.23. The molecule has 1 N–H and O–H groups in total. The number of aromatic nitrogens is 3. The quantitative estimate of drug-likeness (QED) is 0.745. The van der Waals surface area contributed by atoms with Crippen LogP contribution in [0.15, 0.2) is 47.8 Å². The molecule has 140 valence electrons. The van der Waals surface area contributed by atoms with E-state index in [0.717, 1.165) is 24.7 Å². The molecule has 4 rings (SSSR count). The number of benzene rings is 1. The second kappa shape index (κ2) is 6.77. The zero-order valence-electron chi connectivity index (χ0n) is 14.9. The van der Waals surface area contributed by atoms with Gasteiger partial charge in [-0.25, -0.2) is 18.4 Å². The predicted molar refractivity (Wildman–Crippen MR) is 103 cm³/mol. The number of hydrogen-bond donors (Lipinski definition) is 1. The van der Waals surface area contributed by atoms with Crippen LogP contribution in [0, 0.1) is 0 Å². The van der Waals surface area contributed by atoms with Crippen LogP contribution in [-0.2, 0) is 9.84 Å². The van der Waals surface area contributed by atoms with E-state index in [4.69, 9.17) is 0 Å². The Morgan fingerprint density at radius 2 is 1.85 bits per heavy atom. The number of pyridine rings is 1. The highest BCUT2D eigenvalue weighted by Gasteiger charge is 2.20. The van der Waals surface area contributed by atoms with Gasteiger partial charge in [0.25, 0.3) is 5.91 Å². The van der Waals surface area contributed by atoms with Gasteiger partial charge in [0.2, 0.25) is 0 Å². The summed E-state index contributed by atoms with van der Waals surface area (Å²) in [6.45, 7) is 0. The van der Waals surface area contributed by atoms with Gasteiger partial charge in [-0.15, -0.1) is 0 Å². The normalized spacial score (nSPS) is 15.3. The fraction of sp³-hybridized carbons (Fsp3) is 0.316. The molecule has 8 heteroatoms. The average Bonchev–Trinajstić information content (AvgIpc) is 3.30. The van der Waals surface area contributed by atoms with E-state index < -0.39 is 9.84 Å². The third kappa shape index (κ3) is 3.57. The van der Waals surface area contributed by atoms with Crippen molar-refractivity contribution < 1.29 is 13.2 Å². The zero-order chi connectivity index (χ0) is 19.0. The molecule has 1 aromatic carbocycles. The molecule has 3 aromatic rings. The van der Waals surface area contributed by atoms with Crippen molar-refractivity contribution in [2.75, 3.05) is 11.6 Å². The number of fused-ring (bicyclic) bond motifs is 1. The SMILES string of the molecule is CS(=O)(=O)c1ccc(NC(=O)c2cnc3c(c2)ncn3C2CCCC2)cc1. The molecule has 1 fully saturated rings. The number of nitrogens with one attached hydrogen (secondary N) is 1. The molecule has 0 unspecified atom stereocenters.